The highest BCUT2D eigenvalue weighted by molar-refractivity contribution is 9.10. The third-order valence-electron chi connectivity index (χ3n) is 3.05. The molecule has 0 unspecified atom stereocenters. The summed E-state index contributed by atoms with van der Waals surface area (Å²) in [5.74, 6) is -0.821. The summed E-state index contributed by atoms with van der Waals surface area (Å²) in [5.41, 5.74) is 7.32. The van der Waals surface area contributed by atoms with E-state index < -0.39 is 11.6 Å². The van der Waals surface area contributed by atoms with Gasteiger partial charge >= 0.3 is 0 Å². The number of rotatable bonds is 1. The second-order valence-electron chi connectivity index (χ2n) is 4.46. The Labute approximate surface area is 122 Å². The lowest BCUT2D eigenvalue weighted by molar-refractivity contribution is 0.568. The molecule has 2 N–H and O–H groups in total. The van der Waals surface area contributed by atoms with Crippen LogP contribution in [-0.2, 0) is 0 Å². The second kappa shape index (κ2) is 4.56. The number of aryl methyl sites for hydroxylation is 1. The topological polar surface area (TPSA) is 43.8 Å². The average Bonchev–Trinajstić information content (AvgIpc) is 2.64. The molecular weight excluding hydrogens is 328 g/mol. The Hall–Kier alpha value is -1.95. The first-order valence-corrected chi connectivity index (χ1v) is 6.66. The van der Waals surface area contributed by atoms with Crippen LogP contribution < -0.4 is 5.73 Å². The van der Waals surface area contributed by atoms with E-state index in [1.165, 1.54) is 16.7 Å². The molecule has 0 aliphatic rings. The Morgan fingerprint density at radius 3 is 2.45 bits per heavy atom. The van der Waals surface area contributed by atoms with Crippen molar-refractivity contribution in [1.82, 2.24) is 9.55 Å². The van der Waals surface area contributed by atoms with E-state index in [1.54, 1.807) is 25.1 Å². The molecule has 0 radical (unpaired) electrons. The molecule has 2 aromatic carbocycles. The zero-order valence-electron chi connectivity index (χ0n) is 10.5. The lowest BCUT2D eigenvalue weighted by Crippen LogP contribution is -2.03. The maximum absolute atomic E-state index is 14.1. The number of nitrogen functional groups attached to an aromatic ring is 1. The summed E-state index contributed by atoms with van der Waals surface area (Å²) in [6, 6.07) is 7.50. The first-order chi connectivity index (χ1) is 9.47. The zero-order chi connectivity index (χ0) is 14.4. The number of benzene rings is 2. The van der Waals surface area contributed by atoms with Gasteiger partial charge in [0.2, 0.25) is 0 Å². The molecular formula is C14H10BrF2N3. The highest BCUT2D eigenvalue weighted by atomic mass is 79.9. The van der Waals surface area contributed by atoms with Crippen molar-refractivity contribution in [3.8, 4) is 5.69 Å². The molecule has 0 aliphatic heterocycles. The Morgan fingerprint density at radius 2 is 1.80 bits per heavy atom. The molecule has 0 amide bonds. The number of halogens is 3. The molecule has 0 saturated heterocycles. The van der Waals surface area contributed by atoms with E-state index in [1.807, 2.05) is 0 Å². The highest BCUT2D eigenvalue weighted by Gasteiger charge is 2.17. The van der Waals surface area contributed by atoms with E-state index in [0.29, 0.717) is 27.0 Å². The van der Waals surface area contributed by atoms with E-state index in [2.05, 4.69) is 20.9 Å². The predicted molar refractivity (Wildman–Crippen MR) is 77.8 cm³/mol. The quantitative estimate of drug-likeness (QED) is 0.683. The largest absolute Gasteiger partial charge is 0.399 e. The monoisotopic (exact) mass is 337 g/mol. The number of hydrogen-bond acceptors (Lipinski definition) is 2. The van der Waals surface area contributed by atoms with E-state index in [-0.39, 0.29) is 5.69 Å². The average molecular weight is 338 g/mol. The van der Waals surface area contributed by atoms with E-state index >= 15 is 0 Å². The maximum Gasteiger partial charge on any atom is 0.151 e. The van der Waals surface area contributed by atoms with Gasteiger partial charge in [0.25, 0.3) is 0 Å². The van der Waals surface area contributed by atoms with Gasteiger partial charge < -0.3 is 5.73 Å². The number of hydrogen-bond donors (Lipinski definition) is 1. The fourth-order valence-electron chi connectivity index (χ4n) is 2.25. The van der Waals surface area contributed by atoms with E-state index in [0.717, 1.165) is 0 Å². The third-order valence-corrected chi connectivity index (χ3v) is 3.51. The van der Waals surface area contributed by atoms with Gasteiger partial charge in [-0.05, 0) is 37.3 Å². The van der Waals surface area contributed by atoms with Crippen molar-refractivity contribution < 1.29 is 8.78 Å². The molecule has 3 nitrogen and oxygen atoms in total. The van der Waals surface area contributed by atoms with Crippen molar-refractivity contribution in [2.75, 3.05) is 5.73 Å². The molecule has 3 aromatic rings. The fourth-order valence-corrected chi connectivity index (χ4v) is 2.65. The van der Waals surface area contributed by atoms with Crippen LogP contribution in [0.4, 0.5) is 14.5 Å². The van der Waals surface area contributed by atoms with Gasteiger partial charge in [0.1, 0.15) is 11.5 Å². The van der Waals surface area contributed by atoms with E-state index in [9.17, 15) is 8.78 Å². The van der Waals surface area contributed by atoms with Crippen LogP contribution >= 0.6 is 15.9 Å². The van der Waals surface area contributed by atoms with Crippen LogP contribution in [0.1, 0.15) is 5.82 Å². The number of nitrogens with zero attached hydrogens (tertiary/aromatic N) is 2. The summed E-state index contributed by atoms with van der Waals surface area (Å²) < 4.78 is 30.0. The molecule has 1 heterocycles. The van der Waals surface area contributed by atoms with Gasteiger partial charge in [-0.2, -0.15) is 0 Å². The Balaban J connectivity index is 2.38. The summed E-state index contributed by atoms with van der Waals surface area (Å²) in [6.45, 7) is 1.69. The number of fused-ring (bicyclic) bond motifs is 1. The Morgan fingerprint density at radius 1 is 1.15 bits per heavy atom. The summed E-state index contributed by atoms with van der Waals surface area (Å²) in [5, 5.41) is 0. The van der Waals surface area contributed by atoms with Gasteiger partial charge in [0, 0.05) is 10.2 Å². The van der Waals surface area contributed by atoms with Crippen LogP contribution in [0.5, 0.6) is 0 Å². The molecule has 0 bridgehead atoms. The lowest BCUT2D eigenvalue weighted by atomic mass is 10.2. The van der Waals surface area contributed by atoms with Crippen LogP contribution in [0.2, 0.25) is 0 Å². The standard InChI is InChI=1S/C14H10BrF2N3/c1-7-19-12-6-9(18)2-3-13(12)20(7)14-10(16)4-8(15)5-11(14)17/h2-6H,18H2,1H3. The lowest BCUT2D eigenvalue weighted by Gasteiger charge is -2.10. The third kappa shape index (κ3) is 1.96. The molecule has 20 heavy (non-hydrogen) atoms. The van der Waals surface area contributed by atoms with Crippen molar-refractivity contribution in [3.63, 3.8) is 0 Å². The molecule has 1 aromatic heterocycles. The van der Waals surface area contributed by atoms with Crippen LogP contribution in [0.3, 0.4) is 0 Å². The SMILES string of the molecule is Cc1nc2cc(N)ccc2n1-c1c(F)cc(Br)cc1F. The second-order valence-corrected chi connectivity index (χ2v) is 5.38. The normalized spacial score (nSPS) is 11.2. The van der Waals surface area contributed by atoms with Crippen molar-refractivity contribution >= 4 is 32.7 Å². The van der Waals surface area contributed by atoms with Crippen molar-refractivity contribution in [2.45, 2.75) is 6.92 Å². The number of nitrogens with two attached hydrogens (primary N) is 1. The van der Waals surface area contributed by atoms with Crippen LogP contribution in [0.25, 0.3) is 16.7 Å². The minimum absolute atomic E-state index is 0.141. The molecule has 6 heteroatoms. The maximum atomic E-state index is 14.1. The molecule has 0 atom stereocenters. The van der Waals surface area contributed by atoms with Gasteiger partial charge in [0.05, 0.1) is 11.0 Å². The van der Waals surface area contributed by atoms with Crippen LogP contribution in [-0.4, -0.2) is 9.55 Å². The molecule has 102 valence electrons. The molecule has 3 rings (SSSR count). The fraction of sp³-hybridized carbons (Fsp3) is 0.0714. The summed E-state index contributed by atoms with van der Waals surface area (Å²) in [6.07, 6.45) is 0. The number of aromatic nitrogens is 2. The van der Waals surface area contributed by atoms with E-state index in [4.69, 9.17) is 5.73 Å². The van der Waals surface area contributed by atoms with Gasteiger partial charge in [-0.3, -0.25) is 4.57 Å². The van der Waals surface area contributed by atoms with Crippen LogP contribution in [0, 0.1) is 18.6 Å². The van der Waals surface area contributed by atoms with Crippen LogP contribution in [0.15, 0.2) is 34.8 Å². The molecule has 0 spiro atoms. The summed E-state index contributed by atoms with van der Waals surface area (Å²) in [7, 11) is 0. The summed E-state index contributed by atoms with van der Waals surface area (Å²) >= 11 is 3.07. The highest BCUT2D eigenvalue weighted by Crippen LogP contribution is 2.28. The molecule has 0 fully saturated rings. The summed E-state index contributed by atoms with van der Waals surface area (Å²) in [4.78, 5) is 4.29. The molecule has 0 aliphatic carbocycles. The Kier molecular flexibility index (Phi) is 2.97. The van der Waals surface area contributed by atoms with Gasteiger partial charge in [-0.1, -0.05) is 15.9 Å². The number of imidazole rings is 1. The first kappa shape index (κ1) is 13.1. The van der Waals surface area contributed by atoms with Gasteiger partial charge in [-0.15, -0.1) is 0 Å². The smallest absolute Gasteiger partial charge is 0.151 e. The van der Waals surface area contributed by atoms with Crippen molar-refractivity contribution in [1.29, 1.82) is 0 Å². The minimum Gasteiger partial charge on any atom is -0.399 e. The predicted octanol–water partition coefficient (Wildman–Crippen LogP) is 3.96. The first-order valence-electron chi connectivity index (χ1n) is 5.87. The number of anilines is 1. The van der Waals surface area contributed by atoms with Crippen molar-refractivity contribution in [2.24, 2.45) is 0 Å². The van der Waals surface area contributed by atoms with Gasteiger partial charge in [0.15, 0.2) is 11.6 Å². The van der Waals surface area contributed by atoms with Crippen molar-refractivity contribution in [3.05, 3.63) is 52.3 Å². The van der Waals surface area contributed by atoms with Gasteiger partial charge in [-0.25, -0.2) is 13.8 Å². The molecule has 0 saturated carbocycles. The Bertz CT molecular complexity index is 804. The zero-order valence-corrected chi connectivity index (χ0v) is 12.1. The minimum atomic E-state index is -0.656.